The van der Waals surface area contributed by atoms with Gasteiger partial charge in [0.1, 0.15) is 11.3 Å². The monoisotopic (exact) mass is 781 g/mol. The Kier molecular flexibility index (Phi) is 7.62. The van der Waals surface area contributed by atoms with Crippen molar-refractivity contribution in [3.63, 3.8) is 0 Å². The van der Waals surface area contributed by atoms with E-state index in [2.05, 4.69) is 214 Å². The molecule has 0 unspecified atom stereocenters. The van der Waals surface area contributed by atoms with Crippen molar-refractivity contribution in [1.29, 1.82) is 0 Å². The summed E-state index contributed by atoms with van der Waals surface area (Å²) in [6.07, 6.45) is 1.92. The van der Waals surface area contributed by atoms with Crippen molar-refractivity contribution in [2.75, 3.05) is 0 Å². The number of para-hydroxylation sites is 1. The normalized spacial score (nSPS) is 14.2. The molecule has 0 amide bonds. The summed E-state index contributed by atoms with van der Waals surface area (Å²) in [4.78, 5) is 10.6. The molecule has 12 rings (SSSR count). The maximum absolute atomic E-state index is 5.60. The first-order valence-corrected chi connectivity index (χ1v) is 21.3. The van der Waals surface area contributed by atoms with Gasteiger partial charge in [-0.15, -0.1) is 0 Å². The van der Waals surface area contributed by atoms with E-state index in [0.29, 0.717) is 0 Å². The molecule has 2 heterocycles. The number of hydrogen-bond acceptors (Lipinski definition) is 2. The van der Waals surface area contributed by atoms with Gasteiger partial charge in [-0.05, 0) is 132 Å². The van der Waals surface area contributed by atoms with Crippen LogP contribution in [-0.2, 0) is 10.8 Å². The van der Waals surface area contributed by atoms with E-state index >= 15 is 0 Å². The molecule has 0 saturated heterocycles. The average molecular weight is 782 g/mol. The molecule has 0 aliphatic heterocycles. The minimum absolute atomic E-state index is 0.0659. The van der Waals surface area contributed by atoms with Crippen molar-refractivity contribution in [1.82, 2.24) is 14.5 Å². The van der Waals surface area contributed by atoms with Gasteiger partial charge in [0.05, 0.1) is 11.2 Å². The maximum atomic E-state index is 5.60. The van der Waals surface area contributed by atoms with E-state index in [1.54, 1.807) is 0 Å². The predicted octanol–water partition coefficient (Wildman–Crippen LogP) is 14.9. The first-order chi connectivity index (χ1) is 29.7. The lowest BCUT2D eigenvalue weighted by Gasteiger charge is -2.22. The summed E-state index contributed by atoms with van der Waals surface area (Å²) in [5.41, 5.74) is 21.2. The third-order valence-electron chi connectivity index (χ3n) is 13.6. The molecule has 8 aromatic carbocycles. The Bertz CT molecular complexity index is 3420. The van der Waals surface area contributed by atoms with Crippen LogP contribution in [0, 0.1) is 0 Å². The third-order valence-corrected chi connectivity index (χ3v) is 13.6. The van der Waals surface area contributed by atoms with Crippen LogP contribution in [0.2, 0.25) is 0 Å². The number of nitrogens with zero attached hydrogens (tertiary/aromatic N) is 3. The van der Waals surface area contributed by atoms with Crippen molar-refractivity contribution < 1.29 is 0 Å². The largest absolute Gasteiger partial charge is 0.292 e. The molecule has 3 heteroatoms. The van der Waals surface area contributed by atoms with Gasteiger partial charge in [-0.2, -0.15) is 0 Å². The highest BCUT2D eigenvalue weighted by molar-refractivity contribution is 5.97. The fraction of sp³-hybridized carbons (Fsp3) is 0.103. The van der Waals surface area contributed by atoms with Gasteiger partial charge in [0.2, 0.25) is 0 Å². The van der Waals surface area contributed by atoms with E-state index in [1.807, 2.05) is 6.20 Å². The van der Waals surface area contributed by atoms with Gasteiger partial charge in [0.15, 0.2) is 0 Å². The molecule has 0 bridgehead atoms. The molecule has 0 fully saturated rings. The zero-order valence-corrected chi connectivity index (χ0v) is 34.7. The van der Waals surface area contributed by atoms with Gasteiger partial charge in [-0.1, -0.05) is 155 Å². The number of hydrogen-bond donors (Lipinski definition) is 0. The van der Waals surface area contributed by atoms with Gasteiger partial charge in [0.25, 0.3) is 0 Å². The van der Waals surface area contributed by atoms with Crippen molar-refractivity contribution in [3.8, 4) is 72.8 Å². The molecule has 290 valence electrons. The van der Waals surface area contributed by atoms with Crippen molar-refractivity contribution in [2.24, 2.45) is 0 Å². The average Bonchev–Trinajstić information content (AvgIpc) is 3.89. The summed E-state index contributed by atoms with van der Waals surface area (Å²) < 4.78 is 2.31. The number of pyridine rings is 1. The number of rotatable bonds is 5. The van der Waals surface area contributed by atoms with E-state index in [9.17, 15) is 0 Å². The van der Waals surface area contributed by atoms with Gasteiger partial charge < -0.3 is 0 Å². The highest BCUT2D eigenvalue weighted by Crippen LogP contribution is 2.52. The molecule has 0 atom stereocenters. The van der Waals surface area contributed by atoms with E-state index in [0.717, 1.165) is 50.5 Å². The Morgan fingerprint density at radius 3 is 1.74 bits per heavy atom. The first-order valence-electron chi connectivity index (χ1n) is 21.3. The van der Waals surface area contributed by atoms with Crippen LogP contribution in [0.1, 0.15) is 49.9 Å². The molecule has 3 nitrogen and oxygen atoms in total. The fourth-order valence-electron chi connectivity index (χ4n) is 10.5. The SMILES string of the molecule is CC1(C)c2ccccc2-c2cc(-c3cc(-c4ccc5c(c4)C(C)(C)c4ccccc4-5)cc(-c4nc5c(-c6ccc7ccccc7c6)nccc5n4-c4ccccc4)c3)ccc21. The van der Waals surface area contributed by atoms with Crippen molar-refractivity contribution in [3.05, 3.63) is 210 Å². The van der Waals surface area contributed by atoms with E-state index in [4.69, 9.17) is 9.97 Å². The predicted molar refractivity (Wildman–Crippen MR) is 253 cm³/mol. The van der Waals surface area contributed by atoms with Crippen LogP contribution < -0.4 is 0 Å². The highest BCUT2D eigenvalue weighted by Gasteiger charge is 2.36. The highest BCUT2D eigenvalue weighted by atomic mass is 15.1. The summed E-state index contributed by atoms with van der Waals surface area (Å²) >= 11 is 0. The van der Waals surface area contributed by atoms with E-state index < -0.39 is 0 Å². The Hall–Kier alpha value is -7.36. The number of aromatic nitrogens is 3. The lowest BCUT2D eigenvalue weighted by Crippen LogP contribution is -2.14. The standard InChI is InChI=1S/C58H43N3/c1-57(2)50-21-13-11-19-46(50)48-34-38(25-27-51(48)57)41-31-42(39-24-26-47-45-18-10-12-20-49(45)58(3,4)52(47)35-39)33-43(32-41)56-60-55-53(61(56)44-16-6-5-7-17-44)28-29-59-54(55)40-23-22-36-14-8-9-15-37(36)30-40/h5-35H,1-4H3. The Morgan fingerprint density at radius 1 is 0.393 bits per heavy atom. The van der Waals surface area contributed by atoms with E-state index in [1.165, 1.54) is 66.4 Å². The number of imidazole rings is 1. The van der Waals surface area contributed by atoms with Crippen LogP contribution in [0.3, 0.4) is 0 Å². The second-order valence-electron chi connectivity index (χ2n) is 17.9. The number of fused-ring (bicyclic) bond motifs is 8. The molecular weight excluding hydrogens is 739 g/mol. The van der Waals surface area contributed by atoms with Crippen molar-refractivity contribution in [2.45, 2.75) is 38.5 Å². The molecule has 0 saturated carbocycles. The van der Waals surface area contributed by atoms with Gasteiger partial charge in [-0.3, -0.25) is 9.55 Å². The lowest BCUT2D eigenvalue weighted by molar-refractivity contribution is 0.660. The summed E-state index contributed by atoms with van der Waals surface area (Å²) in [5.74, 6) is 0.876. The number of benzene rings is 8. The molecular formula is C58H43N3. The summed E-state index contributed by atoms with van der Waals surface area (Å²) in [7, 11) is 0. The molecule has 2 aliphatic rings. The zero-order chi connectivity index (χ0) is 41.0. The van der Waals surface area contributed by atoms with Crippen LogP contribution in [-0.4, -0.2) is 14.5 Å². The lowest BCUT2D eigenvalue weighted by atomic mass is 9.81. The van der Waals surface area contributed by atoms with Crippen LogP contribution in [0.15, 0.2) is 188 Å². The topological polar surface area (TPSA) is 30.7 Å². The van der Waals surface area contributed by atoms with Crippen LogP contribution in [0.5, 0.6) is 0 Å². The van der Waals surface area contributed by atoms with E-state index in [-0.39, 0.29) is 10.8 Å². The third kappa shape index (κ3) is 5.36. The first kappa shape index (κ1) is 35.6. The second kappa shape index (κ2) is 13.1. The summed E-state index contributed by atoms with van der Waals surface area (Å²) in [6, 6.07) is 66.8. The molecule has 0 spiro atoms. The summed E-state index contributed by atoms with van der Waals surface area (Å²) in [5, 5.41) is 2.38. The Balaban J connectivity index is 1.11. The molecule has 2 aromatic heterocycles. The zero-order valence-electron chi connectivity index (χ0n) is 34.7. The second-order valence-corrected chi connectivity index (χ2v) is 17.9. The van der Waals surface area contributed by atoms with Crippen molar-refractivity contribution >= 4 is 21.8 Å². The fourth-order valence-corrected chi connectivity index (χ4v) is 10.5. The van der Waals surface area contributed by atoms with Gasteiger partial charge >= 0.3 is 0 Å². The minimum Gasteiger partial charge on any atom is -0.292 e. The molecule has 61 heavy (non-hydrogen) atoms. The van der Waals surface area contributed by atoms with Crippen LogP contribution in [0.25, 0.3) is 94.6 Å². The minimum atomic E-state index is -0.115. The molecule has 0 radical (unpaired) electrons. The van der Waals surface area contributed by atoms with Crippen LogP contribution >= 0.6 is 0 Å². The molecule has 0 N–H and O–H groups in total. The molecule has 2 aliphatic carbocycles. The van der Waals surface area contributed by atoms with Gasteiger partial charge in [0, 0.05) is 33.8 Å². The Morgan fingerprint density at radius 2 is 0.967 bits per heavy atom. The smallest absolute Gasteiger partial charge is 0.145 e. The summed E-state index contributed by atoms with van der Waals surface area (Å²) in [6.45, 7) is 9.41. The van der Waals surface area contributed by atoms with Crippen LogP contribution in [0.4, 0.5) is 0 Å². The molecule has 10 aromatic rings. The maximum Gasteiger partial charge on any atom is 0.145 e. The van der Waals surface area contributed by atoms with Gasteiger partial charge in [-0.25, -0.2) is 4.98 Å². The Labute approximate surface area is 356 Å². The quantitative estimate of drug-likeness (QED) is 0.174.